The number of nitrogens with zero attached hydrogens (tertiary/aromatic N) is 3. The fraction of sp³-hybridized carbons (Fsp3) is 0.196. The third-order valence-corrected chi connectivity index (χ3v) is 18.7. The SMILES string of the molecule is Cc1cccc2c(-c3cc(Oc4cc(-c5c[c]([Bi]([c]6ccccc6)[c]6ccccc6)ccn5)cc(C(C)(C)C)c4)cc(C(C)(C)C)c3)ncnc12. The molecule has 0 atom stereocenters. The molecular weight excluding hydrogens is 820 g/mol. The molecule has 0 saturated carbocycles. The number of hydrogen-bond acceptors (Lipinski definition) is 4. The predicted molar refractivity (Wildman–Crippen MR) is 214 cm³/mol. The molecule has 254 valence electrons. The summed E-state index contributed by atoms with van der Waals surface area (Å²) in [6.07, 6.45) is 3.65. The number of hydrogen-bond donors (Lipinski definition) is 0. The van der Waals surface area contributed by atoms with Crippen LogP contribution in [0.4, 0.5) is 0 Å². The van der Waals surface area contributed by atoms with Gasteiger partial charge < -0.3 is 0 Å². The van der Waals surface area contributed by atoms with Crippen LogP contribution in [0.25, 0.3) is 33.4 Å². The molecule has 51 heavy (non-hydrogen) atoms. The van der Waals surface area contributed by atoms with Crippen molar-refractivity contribution in [1.82, 2.24) is 15.0 Å². The average molecular weight is 864 g/mol. The Balaban J connectivity index is 1.33. The fourth-order valence-corrected chi connectivity index (χ4v) is 15.3. The summed E-state index contributed by atoms with van der Waals surface area (Å²) in [6.45, 7) is 15.5. The van der Waals surface area contributed by atoms with Crippen LogP contribution in [-0.2, 0) is 10.8 Å². The summed E-state index contributed by atoms with van der Waals surface area (Å²) in [5.74, 6) is 1.57. The Morgan fingerprint density at radius 1 is 0.529 bits per heavy atom. The third-order valence-electron chi connectivity index (χ3n) is 9.25. The third kappa shape index (κ3) is 7.65. The molecule has 0 radical (unpaired) electrons. The molecule has 0 fully saturated rings. The van der Waals surface area contributed by atoms with Crippen LogP contribution >= 0.6 is 0 Å². The molecule has 0 unspecified atom stereocenters. The van der Waals surface area contributed by atoms with E-state index in [1.807, 2.05) is 6.20 Å². The van der Waals surface area contributed by atoms with Crippen LogP contribution in [0.5, 0.6) is 11.5 Å². The number of aryl methyl sites for hydroxylation is 1. The molecular formula is C46H44BiN3O. The zero-order valence-electron chi connectivity index (χ0n) is 30.5. The zero-order chi connectivity index (χ0) is 35.8. The molecule has 0 spiro atoms. The number of aromatic nitrogens is 3. The van der Waals surface area contributed by atoms with Crippen molar-refractivity contribution < 1.29 is 4.74 Å². The van der Waals surface area contributed by atoms with Crippen LogP contribution in [0.3, 0.4) is 0 Å². The smallest absolute Gasteiger partial charge is 0.236 e. The van der Waals surface area contributed by atoms with Crippen LogP contribution in [0, 0.1) is 6.92 Å². The summed E-state index contributed by atoms with van der Waals surface area (Å²) in [6, 6.07) is 46.0. The van der Waals surface area contributed by atoms with Crippen molar-refractivity contribution >= 4 is 42.5 Å². The first-order valence-electron chi connectivity index (χ1n) is 17.5. The minimum atomic E-state index is -2.58. The van der Waals surface area contributed by atoms with Gasteiger partial charge in [0.2, 0.25) is 0 Å². The number of benzene rings is 5. The quantitative estimate of drug-likeness (QED) is 0.150. The topological polar surface area (TPSA) is 47.9 Å². The van der Waals surface area contributed by atoms with Crippen LogP contribution in [0.1, 0.15) is 58.2 Å². The van der Waals surface area contributed by atoms with Gasteiger partial charge in [0.05, 0.1) is 5.52 Å². The molecule has 4 nitrogen and oxygen atoms in total. The van der Waals surface area contributed by atoms with Gasteiger partial charge in [0, 0.05) is 0 Å². The molecule has 0 saturated heterocycles. The number of para-hydroxylation sites is 1. The van der Waals surface area contributed by atoms with E-state index in [0.29, 0.717) is 0 Å². The van der Waals surface area contributed by atoms with Gasteiger partial charge in [-0.1, -0.05) is 18.2 Å². The van der Waals surface area contributed by atoms with Crippen molar-refractivity contribution in [3.05, 3.63) is 157 Å². The van der Waals surface area contributed by atoms with E-state index in [0.717, 1.165) is 50.5 Å². The first-order chi connectivity index (χ1) is 24.4. The van der Waals surface area contributed by atoms with Gasteiger partial charge in [-0.05, 0) is 12.5 Å². The number of fused-ring (bicyclic) bond motifs is 1. The normalized spacial score (nSPS) is 12.0. The number of rotatable bonds is 7. The van der Waals surface area contributed by atoms with Gasteiger partial charge in [-0.15, -0.1) is 0 Å². The Morgan fingerprint density at radius 3 is 1.73 bits per heavy atom. The summed E-state index contributed by atoms with van der Waals surface area (Å²) in [5.41, 5.74) is 8.19. The second-order valence-corrected chi connectivity index (χ2v) is 23.8. The number of ether oxygens (including phenoxy) is 1. The van der Waals surface area contributed by atoms with E-state index >= 15 is 0 Å². The van der Waals surface area contributed by atoms with Crippen molar-refractivity contribution in [1.29, 1.82) is 0 Å². The second-order valence-electron chi connectivity index (χ2n) is 15.2. The Morgan fingerprint density at radius 2 is 1.12 bits per heavy atom. The van der Waals surface area contributed by atoms with E-state index < -0.39 is 21.8 Å². The Hall–Kier alpha value is -4.73. The van der Waals surface area contributed by atoms with Gasteiger partial charge in [0.25, 0.3) is 0 Å². The van der Waals surface area contributed by atoms with Gasteiger partial charge in [-0.3, -0.25) is 0 Å². The fourth-order valence-electron chi connectivity index (χ4n) is 6.39. The molecule has 2 heterocycles. The van der Waals surface area contributed by atoms with Gasteiger partial charge in [-0.25, -0.2) is 4.98 Å². The van der Waals surface area contributed by atoms with Crippen LogP contribution in [0.2, 0.25) is 0 Å². The van der Waals surface area contributed by atoms with Crippen LogP contribution in [0.15, 0.2) is 140 Å². The molecule has 0 bridgehead atoms. The van der Waals surface area contributed by atoms with Crippen molar-refractivity contribution in [3.8, 4) is 34.0 Å². The first kappa shape index (κ1) is 34.7. The van der Waals surface area contributed by atoms with E-state index in [1.54, 1.807) is 6.33 Å². The maximum absolute atomic E-state index is 6.87. The van der Waals surface area contributed by atoms with Gasteiger partial charge >= 0.3 is 265 Å². The van der Waals surface area contributed by atoms with Crippen molar-refractivity contribution in [2.45, 2.75) is 59.3 Å². The molecule has 0 aliphatic heterocycles. The minimum Gasteiger partial charge on any atom is -0.236 e. The zero-order valence-corrected chi connectivity index (χ0v) is 34.0. The molecule has 5 heteroatoms. The summed E-state index contributed by atoms with van der Waals surface area (Å²) < 4.78 is 11.2. The Kier molecular flexibility index (Phi) is 9.61. The monoisotopic (exact) mass is 863 g/mol. The molecule has 5 aromatic carbocycles. The van der Waals surface area contributed by atoms with E-state index in [2.05, 4.69) is 181 Å². The molecule has 0 aliphatic carbocycles. The van der Waals surface area contributed by atoms with E-state index in [4.69, 9.17) is 14.7 Å². The van der Waals surface area contributed by atoms with Gasteiger partial charge in [-0.2, -0.15) is 0 Å². The van der Waals surface area contributed by atoms with E-state index in [1.165, 1.54) is 20.9 Å². The summed E-state index contributed by atoms with van der Waals surface area (Å²) >= 11 is -2.58. The standard InChI is InChI=1S/C34H34N3O.2C6H5.Bi/c1-22-11-10-12-29-31(22)36-21-37-32(29)24-16-26(34(5,6)7)20-28(18-24)38-27-17-23(30-13-8-9-14-35-30)15-25(19-27)33(2,3)4;2*1-2-4-6-5-3-1;/h9-21H,1-7H3;2*1-5H;. The van der Waals surface area contributed by atoms with Crippen molar-refractivity contribution in [2.24, 2.45) is 0 Å². The predicted octanol–water partition coefficient (Wildman–Crippen LogP) is 9.57. The first-order valence-corrected chi connectivity index (χ1v) is 22.7. The number of pyridine rings is 1. The Labute approximate surface area is 310 Å². The summed E-state index contributed by atoms with van der Waals surface area (Å²) in [5, 5.41) is 1.03. The van der Waals surface area contributed by atoms with E-state index in [9.17, 15) is 0 Å². The summed E-state index contributed by atoms with van der Waals surface area (Å²) in [7, 11) is 0. The van der Waals surface area contributed by atoms with Crippen LogP contribution in [-0.4, -0.2) is 36.7 Å². The van der Waals surface area contributed by atoms with E-state index in [-0.39, 0.29) is 10.8 Å². The molecule has 7 aromatic rings. The van der Waals surface area contributed by atoms with Gasteiger partial charge in [0.1, 0.15) is 6.33 Å². The van der Waals surface area contributed by atoms with Crippen LogP contribution < -0.4 is 14.6 Å². The van der Waals surface area contributed by atoms with Crippen molar-refractivity contribution in [2.75, 3.05) is 0 Å². The molecule has 2 aromatic heterocycles. The second kappa shape index (κ2) is 14.1. The molecule has 0 aliphatic rings. The summed E-state index contributed by atoms with van der Waals surface area (Å²) in [4.78, 5) is 14.3. The maximum atomic E-state index is 6.87. The average Bonchev–Trinajstić information content (AvgIpc) is 3.12. The van der Waals surface area contributed by atoms with Gasteiger partial charge in [0.15, 0.2) is 0 Å². The Bertz CT molecular complexity index is 2280. The van der Waals surface area contributed by atoms with Crippen molar-refractivity contribution in [3.63, 3.8) is 0 Å². The minimum absolute atomic E-state index is 0.0999. The molecule has 0 N–H and O–H groups in total. The molecule has 7 rings (SSSR count). The molecule has 0 amide bonds.